The SMILES string of the molecule is COc1ccc(C(=O)OCC(=O)N2C[C@H](C)C[C@H](C)C2)cc1S(=O)(=O)N(C)C. The number of rotatable bonds is 6. The fraction of sp³-hybridized carbons (Fsp3) is 0.579. The van der Waals surface area contributed by atoms with Gasteiger partial charge in [-0.15, -0.1) is 0 Å². The number of esters is 1. The zero-order chi connectivity index (χ0) is 21.1. The number of piperidine rings is 1. The molecule has 9 heteroatoms. The van der Waals surface area contributed by atoms with Crippen molar-refractivity contribution in [2.75, 3.05) is 40.9 Å². The average Bonchev–Trinajstić information content (AvgIpc) is 2.64. The van der Waals surface area contributed by atoms with Gasteiger partial charge >= 0.3 is 5.97 Å². The third kappa shape index (κ3) is 5.02. The Morgan fingerprint density at radius 2 is 1.79 bits per heavy atom. The van der Waals surface area contributed by atoms with Crippen molar-refractivity contribution in [2.24, 2.45) is 11.8 Å². The van der Waals surface area contributed by atoms with Gasteiger partial charge in [0.2, 0.25) is 10.0 Å². The summed E-state index contributed by atoms with van der Waals surface area (Å²) in [5.74, 6) is -0.0732. The summed E-state index contributed by atoms with van der Waals surface area (Å²) in [6.07, 6.45) is 1.07. The van der Waals surface area contributed by atoms with Crippen molar-refractivity contribution in [3.63, 3.8) is 0 Å². The molecule has 0 radical (unpaired) electrons. The summed E-state index contributed by atoms with van der Waals surface area (Å²) in [5.41, 5.74) is 0.0365. The lowest BCUT2D eigenvalue weighted by Crippen LogP contribution is -2.44. The van der Waals surface area contributed by atoms with Crippen molar-refractivity contribution in [1.29, 1.82) is 0 Å². The predicted octanol–water partition coefficient (Wildman–Crippen LogP) is 1.61. The largest absolute Gasteiger partial charge is 0.495 e. The van der Waals surface area contributed by atoms with Crippen LogP contribution in [0.25, 0.3) is 0 Å². The zero-order valence-electron chi connectivity index (χ0n) is 17.0. The summed E-state index contributed by atoms with van der Waals surface area (Å²) in [4.78, 5) is 26.3. The van der Waals surface area contributed by atoms with Crippen LogP contribution in [-0.2, 0) is 19.6 Å². The highest BCUT2D eigenvalue weighted by Crippen LogP contribution is 2.27. The molecule has 2 atom stereocenters. The number of nitrogens with zero attached hydrogens (tertiary/aromatic N) is 2. The molecule has 1 aliphatic rings. The molecule has 8 nitrogen and oxygen atoms in total. The van der Waals surface area contributed by atoms with Crippen LogP contribution in [0.1, 0.15) is 30.6 Å². The molecule has 28 heavy (non-hydrogen) atoms. The number of hydrogen-bond donors (Lipinski definition) is 0. The van der Waals surface area contributed by atoms with Gasteiger partial charge in [0.15, 0.2) is 6.61 Å². The van der Waals surface area contributed by atoms with Crippen LogP contribution in [-0.4, -0.2) is 70.4 Å². The van der Waals surface area contributed by atoms with Gasteiger partial charge in [0, 0.05) is 27.2 Å². The number of hydrogen-bond acceptors (Lipinski definition) is 6. The second-order valence-corrected chi connectivity index (χ2v) is 9.59. The van der Waals surface area contributed by atoms with Crippen molar-refractivity contribution in [1.82, 2.24) is 9.21 Å². The molecule has 2 rings (SSSR count). The van der Waals surface area contributed by atoms with E-state index in [2.05, 4.69) is 13.8 Å². The Labute approximate surface area is 166 Å². The molecule has 1 aromatic rings. The number of carbonyl (C=O) groups is 2. The van der Waals surface area contributed by atoms with E-state index in [0.29, 0.717) is 24.9 Å². The summed E-state index contributed by atoms with van der Waals surface area (Å²) in [7, 11) is 0.313. The number of sulfonamides is 1. The molecule has 1 fully saturated rings. The fourth-order valence-electron chi connectivity index (χ4n) is 3.37. The van der Waals surface area contributed by atoms with Crippen molar-refractivity contribution in [2.45, 2.75) is 25.2 Å². The molecule has 0 unspecified atom stereocenters. The third-order valence-corrected chi connectivity index (χ3v) is 6.54. The maximum absolute atomic E-state index is 12.5. The Bertz CT molecular complexity index is 827. The molecule has 1 aliphatic heterocycles. The van der Waals surface area contributed by atoms with Gasteiger partial charge in [-0.1, -0.05) is 13.8 Å². The standard InChI is InChI=1S/C19H28N2O6S/c1-13-8-14(2)11-21(10-13)18(22)12-27-19(23)15-6-7-16(26-5)17(9-15)28(24,25)20(3)4/h6-7,9,13-14H,8,10-12H2,1-5H3/t13-,14+. The Balaban J connectivity index is 2.11. The van der Waals surface area contributed by atoms with Gasteiger partial charge in [-0.25, -0.2) is 17.5 Å². The van der Waals surface area contributed by atoms with Crippen LogP contribution in [0.3, 0.4) is 0 Å². The summed E-state index contributed by atoms with van der Waals surface area (Å²) < 4.78 is 36.2. The number of likely N-dealkylation sites (tertiary alicyclic amines) is 1. The van der Waals surface area contributed by atoms with Crippen LogP contribution >= 0.6 is 0 Å². The Morgan fingerprint density at radius 1 is 1.18 bits per heavy atom. The lowest BCUT2D eigenvalue weighted by Gasteiger charge is -2.34. The van der Waals surface area contributed by atoms with E-state index in [1.54, 1.807) is 4.90 Å². The minimum atomic E-state index is -3.81. The molecule has 1 aromatic carbocycles. The van der Waals surface area contributed by atoms with E-state index in [0.717, 1.165) is 10.7 Å². The second kappa shape index (κ2) is 8.91. The maximum atomic E-state index is 12.5. The minimum absolute atomic E-state index is 0.0365. The lowest BCUT2D eigenvalue weighted by atomic mass is 9.92. The first-order valence-corrected chi connectivity index (χ1v) is 10.6. The fourth-order valence-corrected chi connectivity index (χ4v) is 4.45. The molecule has 1 saturated heterocycles. The summed E-state index contributed by atoms with van der Waals surface area (Å²) in [5, 5.41) is 0. The highest BCUT2D eigenvalue weighted by atomic mass is 32.2. The van der Waals surface area contributed by atoms with Gasteiger partial charge in [-0.05, 0) is 36.5 Å². The summed E-state index contributed by atoms with van der Waals surface area (Å²) in [6.45, 7) is 5.10. The number of carbonyl (C=O) groups excluding carboxylic acids is 2. The quantitative estimate of drug-likeness (QED) is 0.659. The summed E-state index contributed by atoms with van der Waals surface area (Å²) in [6, 6.07) is 4.00. The van der Waals surface area contributed by atoms with Gasteiger partial charge < -0.3 is 14.4 Å². The van der Waals surface area contributed by atoms with Gasteiger partial charge in [0.25, 0.3) is 5.91 Å². The van der Waals surface area contributed by atoms with Gasteiger partial charge in [0.1, 0.15) is 10.6 Å². The van der Waals surface area contributed by atoms with E-state index in [4.69, 9.17) is 9.47 Å². The number of ether oxygens (including phenoxy) is 2. The number of methoxy groups -OCH3 is 1. The maximum Gasteiger partial charge on any atom is 0.338 e. The van der Waals surface area contributed by atoms with Crippen molar-refractivity contribution < 1.29 is 27.5 Å². The van der Waals surface area contributed by atoms with Gasteiger partial charge in [-0.3, -0.25) is 4.79 Å². The predicted molar refractivity (Wildman–Crippen MR) is 104 cm³/mol. The topological polar surface area (TPSA) is 93.2 Å². The molecular weight excluding hydrogens is 384 g/mol. The first-order chi connectivity index (χ1) is 13.1. The first kappa shape index (κ1) is 22.2. The molecule has 0 aliphatic carbocycles. The average molecular weight is 413 g/mol. The Morgan fingerprint density at radius 3 is 2.32 bits per heavy atom. The number of benzene rings is 1. The minimum Gasteiger partial charge on any atom is -0.495 e. The van der Waals surface area contributed by atoms with Crippen molar-refractivity contribution in [3.05, 3.63) is 23.8 Å². The van der Waals surface area contributed by atoms with E-state index < -0.39 is 16.0 Å². The highest BCUT2D eigenvalue weighted by molar-refractivity contribution is 7.89. The molecule has 0 aromatic heterocycles. The molecular formula is C19H28N2O6S. The molecule has 0 spiro atoms. The van der Waals surface area contributed by atoms with E-state index in [9.17, 15) is 18.0 Å². The van der Waals surface area contributed by atoms with E-state index in [1.807, 2.05) is 0 Å². The molecule has 1 amide bonds. The van der Waals surface area contributed by atoms with Gasteiger partial charge in [0.05, 0.1) is 12.7 Å². The van der Waals surface area contributed by atoms with Crippen LogP contribution < -0.4 is 4.74 Å². The summed E-state index contributed by atoms with van der Waals surface area (Å²) >= 11 is 0. The van der Waals surface area contributed by atoms with Crippen molar-refractivity contribution in [3.8, 4) is 5.75 Å². The molecule has 1 heterocycles. The molecule has 0 bridgehead atoms. The Hall–Kier alpha value is -2.13. The van der Waals surface area contributed by atoms with Crippen LogP contribution in [0.15, 0.2) is 23.1 Å². The smallest absolute Gasteiger partial charge is 0.338 e. The van der Waals surface area contributed by atoms with Crippen LogP contribution in [0, 0.1) is 11.8 Å². The van der Waals surface area contributed by atoms with Crippen LogP contribution in [0.2, 0.25) is 0 Å². The Kier molecular flexibility index (Phi) is 7.06. The van der Waals surface area contributed by atoms with E-state index in [-0.39, 0.29) is 28.7 Å². The molecule has 0 saturated carbocycles. The zero-order valence-corrected chi connectivity index (χ0v) is 17.8. The van der Waals surface area contributed by atoms with Crippen molar-refractivity contribution >= 4 is 21.9 Å². The van der Waals surface area contributed by atoms with E-state index >= 15 is 0 Å². The molecule has 156 valence electrons. The van der Waals surface area contributed by atoms with Gasteiger partial charge in [-0.2, -0.15) is 0 Å². The lowest BCUT2D eigenvalue weighted by molar-refractivity contribution is -0.137. The van der Waals surface area contributed by atoms with E-state index in [1.165, 1.54) is 39.4 Å². The van der Waals surface area contributed by atoms with Crippen LogP contribution in [0.4, 0.5) is 0 Å². The second-order valence-electron chi connectivity index (χ2n) is 7.47. The monoisotopic (exact) mass is 412 g/mol. The molecule has 0 N–H and O–H groups in total. The number of amides is 1. The first-order valence-electron chi connectivity index (χ1n) is 9.11. The van der Waals surface area contributed by atoms with Crippen LogP contribution in [0.5, 0.6) is 5.75 Å². The third-order valence-electron chi connectivity index (χ3n) is 4.71. The highest BCUT2D eigenvalue weighted by Gasteiger charge is 2.27. The normalized spacial score (nSPS) is 20.1.